The zero-order valence-corrected chi connectivity index (χ0v) is 15.4. The fourth-order valence-electron chi connectivity index (χ4n) is 2.40. The molecule has 9 heteroatoms. The van der Waals surface area contributed by atoms with E-state index in [0.717, 1.165) is 13.4 Å². The fourth-order valence-corrected chi connectivity index (χ4v) is 3.36. The first-order valence-electron chi connectivity index (χ1n) is 7.20. The predicted molar refractivity (Wildman–Crippen MR) is 98.2 cm³/mol. The molecule has 7 nitrogen and oxygen atoms in total. The number of nitrogens with zero attached hydrogens (tertiary/aromatic N) is 2. The molecule has 3 rings (SSSR count). The van der Waals surface area contributed by atoms with Crippen LogP contribution in [-0.4, -0.2) is 47.9 Å². The van der Waals surface area contributed by atoms with Gasteiger partial charge in [0.1, 0.15) is 6.33 Å². The number of sulfone groups is 1. The molecule has 0 bridgehead atoms. The summed E-state index contributed by atoms with van der Waals surface area (Å²) in [6, 6.07) is 7.45. The van der Waals surface area contributed by atoms with Crippen LogP contribution in [0.15, 0.2) is 47.8 Å². The number of hydrogen-bond donors (Lipinski definition) is 2. The van der Waals surface area contributed by atoms with Gasteiger partial charge >= 0.3 is 5.97 Å². The number of rotatable bonds is 3. The van der Waals surface area contributed by atoms with Crippen molar-refractivity contribution in [2.24, 2.45) is 0 Å². The summed E-state index contributed by atoms with van der Waals surface area (Å²) in [5.74, 6) is -1.17. The van der Waals surface area contributed by atoms with Crippen LogP contribution in [0, 0.1) is 0 Å². The minimum Gasteiger partial charge on any atom is -0.478 e. The molecule has 0 radical (unpaired) electrons. The molecule has 0 aliphatic rings. The van der Waals surface area contributed by atoms with E-state index >= 15 is 0 Å². The van der Waals surface area contributed by atoms with Gasteiger partial charge in [-0.15, -0.1) is 0 Å². The second kappa shape index (κ2) is 7.77. The molecule has 0 aliphatic carbocycles. The maximum absolute atomic E-state index is 11.6. The normalized spacial score (nSPS) is 10.9. The summed E-state index contributed by atoms with van der Waals surface area (Å²) in [5.41, 5.74) is 1.42. The highest BCUT2D eigenvalue weighted by Crippen LogP contribution is 2.37. The first-order chi connectivity index (χ1) is 12.3. The molecule has 26 heavy (non-hydrogen) atoms. The molecule has 0 fully saturated rings. The van der Waals surface area contributed by atoms with Crippen molar-refractivity contribution in [1.82, 2.24) is 9.97 Å². The van der Waals surface area contributed by atoms with E-state index in [9.17, 15) is 18.3 Å². The average Bonchev–Trinajstić information content (AvgIpc) is 2.62. The lowest BCUT2D eigenvalue weighted by Gasteiger charge is -2.11. The lowest BCUT2D eigenvalue weighted by molar-refractivity contribution is 0.0697. The average molecular weight is 395 g/mol. The Morgan fingerprint density at radius 3 is 2.31 bits per heavy atom. The zero-order chi connectivity index (χ0) is 19.5. The van der Waals surface area contributed by atoms with Gasteiger partial charge in [-0.3, -0.25) is 0 Å². The third-order valence-electron chi connectivity index (χ3n) is 3.53. The number of carboxylic acids is 1. The van der Waals surface area contributed by atoms with E-state index < -0.39 is 15.8 Å². The number of aromatic nitrogens is 2. The number of aliphatic hydroxyl groups is 1. The van der Waals surface area contributed by atoms with Crippen LogP contribution < -0.4 is 0 Å². The zero-order valence-electron chi connectivity index (χ0n) is 13.8. The topological polar surface area (TPSA) is 117 Å². The highest BCUT2D eigenvalue weighted by molar-refractivity contribution is 7.90. The minimum atomic E-state index is -3.33. The van der Waals surface area contributed by atoms with Crippen molar-refractivity contribution in [3.63, 3.8) is 0 Å². The summed E-state index contributed by atoms with van der Waals surface area (Å²) in [7, 11) is -2.33. The van der Waals surface area contributed by atoms with Crippen molar-refractivity contribution in [1.29, 1.82) is 0 Å². The molecule has 2 aromatic carbocycles. The van der Waals surface area contributed by atoms with Crippen LogP contribution in [0.4, 0.5) is 0 Å². The lowest BCUT2D eigenvalue weighted by Crippen LogP contribution is -2.01. The van der Waals surface area contributed by atoms with Gasteiger partial charge < -0.3 is 10.2 Å². The Morgan fingerprint density at radius 2 is 1.77 bits per heavy atom. The summed E-state index contributed by atoms with van der Waals surface area (Å²) < 4.78 is 23.2. The smallest absolute Gasteiger partial charge is 0.337 e. The Bertz CT molecular complexity index is 1070. The molecule has 0 unspecified atom stereocenters. The van der Waals surface area contributed by atoms with Crippen LogP contribution in [0.5, 0.6) is 0 Å². The molecule has 1 heterocycles. The summed E-state index contributed by atoms with van der Waals surface area (Å²) in [6.07, 6.45) is 3.95. The molecule has 0 saturated carbocycles. The molecule has 0 amide bonds. The van der Waals surface area contributed by atoms with E-state index in [1.807, 2.05) is 0 Å². The van der Waals surface area contributed by atoms with Crippen molar-refractivity contribution >= 4 is 38.3 Å². The number of carboxylic acid groups (broad SMARTS) is 1. The number of carbonyl (C=O) groups is 1. The first kappa shape index (κ1) is 19.8. The Hall–Kier alpha value is -2.55. The van der Waals surface area contributed by atoms with Crippen LogP contribution >= 0.6 is 11.6 Å². The Labute approximate surface area is 154 Å². The highest BCUT2D eigenvalue weighted by atomic mass is 35.5. The number of halogens is 1. The van der Waals surface area contributed by atoms with Crippen LogP contribution in [0.3, 0.4) is 0 Å². The van der Waals surface area contributed by atoms with Gasteiger partial charge in [-0.05, 0) is 23.8 Å². The highest BCUT2D eigenvalue weighted by Gasteiger charge is 2.19. The molecular weight excluding hydrogens is 380 g/mol. The summed E-state index contributed by atoms with van der Waals surface area (Å²) in [4.78, 5) is 19.7. The monoisotopic (exact) mass is 394 g/mol. The SMILES string of the molecule is CO.CS(=O)(=O)c1ccc(-c2c(Cl)c(C(=O)O)cc3cncnc23)cc1. The molecule has 0 spiro atoms. The molecule has 0 saturated heterocycles. The van der Waals surface area contributed by atoms with E-state index in [4.69, 9.17) is 16.7 Å². The van der Waals surface area contributed by atoms with Gasteiger partial charge in [0.05, 0.1) is 21.0 Å². The van der Waals surface area contributed by atoms with Crippen molar-refractivity contribution in [2.75, 3.05) is 13.4 Å². The third-order valence-corrected chi connectivity index (χ3v) is 5.06. The van der Waals surface area contributed by atoms with E-state index in [-0.39, 0.29) is 15.5 Å². The second-order valence-electron chi connectivity index (χ2n) is 5.18. The Kier molecular flexibility index (Phi) is 5.91. The molecular formula is C17H15ClN2O5S. The van der Waals surface area contributed by atoms with Crippen LogP contribution in [0.2, 0.25) is 5.02 Å². The number of hydrogen-bond acceptors (Lipinski definition) is 6. The number of aromatic carboxylic acids is 1. The maximum atomic E-state index is 11.6. The van der Waals surface area contributed by atoms with Crippen molar-refractivity contribution in [3.8, 4) is 11.1 Å². The second-order valence-corrected chi connectivity index (χ2v) is 7.57. The quantitative estimate of drug-likeness (QED) is 0.701. The van der Waals surface area contributed by atoms with Crippen molar-refractivity contribution < 1.29 is 23.4 Å². The molecule has 3 aromatic rings. The van der Waals surface area contributed by atoms with Gasteiger partial charge in [-0.25, -0.2) is 23.2 Å². The van der Waals surface area contributed by atoms with E-state index in [1.165, 1.54) is 30.7 Å². The molecule has 0 aliphatic heterocycles. The van der Waals surface area contributed by atoms with Crippen LogP contribution in [0.25, 0.3) is 22.0 Å². The van der Waals surface area contributed by atoms with Gasteiger partial charge in [-0.2, -0.15) is 0 Å². The Morgan fingerprint density at radius 1 is 1.15 bits per heavy atom. The number of fused-ring (bicyclic) bond motifs is 1. The van der Waals surface area contributed by atoms with E-state index in [0.29, 0.717) is 22.0 Å². The van der Waals surface area contributed by atoms with E-state index in [1.54, 1.807) is 12.1 Å². The minimum absolute atomic E-state index is 0.0424. The van der Waals surface area contributed by atoms with Gasteiger partial charge in [-0.1, -0.05) is 23.7 Å². The molecule has 2 N–H and O–H groups in total. The van der Waals surface area contributed by atoms with Crippen molar-refractivity contribution in [3.05, 3.63) is 53.4 Å². The van der Waals surface area contributed by atoms with Gasteiger partial charge in [0, 0.05) is 30.5 Å². The summed E-state index contributed by atoms with van der Waals surface area (Å²) in [5, 5.41) is 16.9. The number of benzene rings is 2. The van der Waals surface area contributed by atoms with Crippen LogP contribution in [-0.2, 0) is 9.84 Å². The predicted octanol–water partition coefficient (Wildman–Crippen LogP) is 2.66. The molecule has 136 valence electrons. The molecule has 1 aromatic heterocycles. The van der Waals surface area contributed by atoms with Gasteiger partial charge in [0.15, 0.2) is 9.84 Å². The van der Waals surface area contributed by atoms with Crippen LogP contribution in [0.1, 0.15) is 10.4 Å². The summed E-state index contributed by atoms with van der Waals surface area (Å²) in [6.45, 7) is 0. The molecule has 0 atom stereocenters. The first-order valence-corrected chi connectivity index (χ1v) is 9.46. The number of aliphatic hydroxyl groups excluding tert-OH is 1. The van der Waals surface area contributed by atoms with Gasteiger partial charge in [0.2, 0.25) is 0 Å². The lowest BCUT2D eigenvalue weighted by atomic mass is 9.99. The maximum Gasteiger partial charge on any atom is 0.337 e. The fraction of sp³-hybridized carbons (Fsp3) is 0.118. The summed E-state index contributed by atoms with van der Waals surface area (Å²) >= 11 is 6.29. The van der Waals surface area contributed by atoms with E-state index in [2.05, 4.69) is 9.97 Å². The van der Waals surface area contributed by atoms with Gasteiger partial charge in [0.25, 0.3) is 0 Å². The largest absolute Gasteiger partial charge is 0.478 e. The van der Waals surface area contributed by atoms with Crippen molar-refractivity contribution in [2.45, 2.75) is 4.90 Å². The standard InChI is InChI=1S/C16H11ClN2O4S.CH4O/c1-24(22,23)11-4-2-9(3-5-11)13-14(17)12(16(20)21)6-10-7-18-8-19-15(10)13;1-2/h2-8H,1H3,(H,20,21);2H,1H3. The Balaban J connectivity index is 0.00000117. The third kappa shape index (κ3) is 3.82.